The van der Waals surface area contributed by atoms with Crippen molar-refractivity contribution in [2.75, 3.05) is 0 Å². The molecule has 1 aromatic rings. The molecule has 2 aliphatic rings. The van der Waals surface area contributed by atoms with Gasteiger partial charge in [-0.2, -0.15) is 0 Å². The molecule has 1 spiro atoms. The van der Waals surface area contributed by atoms with E-state index in [4.69, 9.17) is 28.3 Å². The van der Waals surface area contributed by atoms with Gasteiger partial charge < -0.3 is 4.74 Å². The van der Waals surface area contributed by atoms with Crippen LogP contribution >= 0.6 is 15.9 Å². The zero-order chi connectivity index (χ0) is 14.4. The van der Waals surface area contributed by atoms with E-state index in [9.17, 15) is 0 Å². The average molecular weight is 325 g/mol. The average Bonchev–Trinajstić information content (AvgIpc) is 2.68. The Balaban J connectivity index is 1.65. The van der Waals surface area contributed by atoms with Crippen LogP contribution < -0.4 is 0 Å². The summed E-state index contributed by atoms with van der Waals surface area (Å²) in [6.45, 7) is 0. The van der Waals surface area contributed by atoms with Crippen LogP contribution in [0.3, 0.4) is 0 Å². The van der Waals surface area contributed by atoms with E-state index in [1.54, 1.807) is 0 Å². The fourth-order valence-electron chi connectivity index (χ4n) is 3.77. The quantitative estimate of drug-likeness (QED) is 0.760. The lowest BCUT2D eigenvalue weighted by atomic mass is 9.52. The summed E-state index contributed by atoms with van der Waals surface area (Å²) in [5.74, 6) is 0. The third kappa shape index (κ3) is 3.19. The Hall–Kier alpha value is -0.145. The van der Waals surface area contributed by atoms with E-state index < -0.39 is 5.30 Å². The van der Waals surface area contributed by atoms with Gasteiger partial charge in [-0.05, 0) is 72.5 Å². The molecule has 0 N–H and O–H groups in total. The predicted molar refractivity (Wildman–Crippen MR) is 87.3 cm³/mol. The predicted octanol–water partition coefficient (Wildman–Crippen LogP) is 2.61. The Morgan fingerprint density at radius 2 is 1.75 bits per heavy atom. The zero-order valence-electron chi connectivity index (χ0n) is 11.6. The van der Waals surface area contributed by atoms with Crippen LogP contribution in [0.1, 0.15) is 36.8 Å². The van der Waals surface area contributed by atoms with Crippen molar-refractivity contribution in [3.05, 3.63) is 33.8 Å². The molecule has 0 bridgehead atoms. The van der Waals surface area contributed by atoms with Gasteiger partial charge in [0.1, 0.15) is 0 Å². The molecule has 1 saturated carbocycles. The summed E-state index contributed by atoms with van der Waals surface area (Å²) < 4.78 is 6.67. The molecular weight excluding hydrogens is 309 g/mol. The first-order valence-corrected chi connectivity index (χ1v) is 7.96. The molecule has 3 rings (SSSR count). The van der Waals surface area contributed by atoms with E-state index in [1.807, 2.05) is 0 Å². The van der Waals surface area contributed by atoms with Gasteiger partial charge in [0.15, 0.2) is 0 Å². The minimum Gasteiger partial charge on any atom is -0.400 e. The van der Waals surface area contributed by atoms with Crippen LogP contribution in [0.2, 0.25) is 0 Å². The first-order valence-electron chi connectivity index (χ1n) is 7.17. The number of hydrogen-bond acceptors (Lipinski definition) is 1. The molecule has 1 aromatic carbocycles. The monoisotopic (exact) mass is 324 g/mol. The number of halogens is 1. The maximum absolute atomic E-state index is 5.52. The van der Waals surface area contributed by atoms with E-state index in [0.717, 1.165) is 25.7 Å². The lowest BCUT2D eigenvalue weighted by Gasteiger charge is -2.40. The number of rotatable bonds is 2. The first kappa shape index (κ1) is 14.8. The van der Waals surface area contributed by atoms with Gasteiger partial charge in [-0.15, -0.1) is 0 Å². The van der Waals surface area contributed by atoms with Crippen LogP contribution in [0.25, 0.3) is 0 Å². The van der Waals surface area contributed by atoms with E-state index in [1.165, 1.54) is 28.4 Å². The first-order chi connectivity index (χ1) is 9.35. The maximum atomic E-state index is 5.52. The second-order valence-corrected chi connectivity index (χ2v) is 7.35. The molecule has 6 radical (unpaired) electrons. The molecule has 0 atom stereocenters. The van der Waals surface area contributed by atoms with E-state index in [-0.39, 0.29) is 6.10 Å². The molecule has 0 saturated heterocycles. The molecule has 0 unspecified atom stereocenters. The highest BCUT2D eigenvalue weighted by atomic mass is 79.9. The summed E-state index contributed by atoms with van der Waals surface area (Å²) in [5, 5.41) is -1.50. The summed E-state index contributed by atoms with van der Waals surface area (Å²) in [7, 11) is 16.6. The van der Waals surface area contributed by atoms with Gasteiger partial charge in [0.05, 0.1) is 29.6 Å². The van der Waals surface area contributed by atoms with Crippen molar-refractivity contribution >= 4 is 39.5 Å². The fourth-order valence-corrected chi connectivity index (χ4v) is 4.17. The van der Waals surface area contributed by atoms with Crippen molar-refractivity contribution in [2.24, 2.45) is 5.41 Å². The lowest BCUT2D eigenvalue weighted by Crippen LogP contribution is -2.41. The molecule has 20 heavy (non-hydrogen) atoms. The van der Waals surface area contributed by atoms with Crippen molar-refractivity contribution < 1.29 is 4.74 Å². The van der Waals surface area contributed by atoms with E-state index in [0.29, 0.717) is 5.41 Å². The minimum absolute atomic E-state index is 0.0936. The minimum atomic E-state index is -1.50. The van der Waals surface area contributed by atoms with Crippen LogP contribution in [0.5, 0.6) is 0 Å². The second-order valence-electron chi connectivity index (χ2n) is 6.44. The summed E-state index contributed by atoms with van der Waals surface area (Å²) >= 11 is 3.56. The maximum Gasteiger partial charge on any atom is 0.0862 e. The topological polar surface area (TPSA) is 9.23 Å². The van der Waals surface area contributed by atoms with Crippen LogP contribution in [0.4, 0.5) is 0 Å². The highest BCUT2D eigenvalue weighted by Crippen LogP contribution is 2.48. The zero-order valence-corrected chi connectivity index (χ0v) is 13.2. The molecule has 1 fully saturated rings. The smallest absolute Gasteiger partial charge is 0.0862 e. The SMILES string of the molecule is [B]C([B])([B])OC1CCC2(CC1)Cc1ccc(Br)cc1C2. The Morgan fingerprint density at radius 3 is 2.40 bits per heavy atom. The number of fused-ring (bicyclic) bond motifs is 1. The Labute approximate surface area is 133 Å². The molecule has 98 valence electrons. The van der Waals surface area contributed by atoms with Gasteiger partial charge in [0.25, 0.3) is 0 Å². The van der Waals surface area contributed by atoms with Crippen molar-refractivity contribution in [3.63, 3.8) is 0 Å². The Morgan fingerprint density at radius 1 is 1.10 bits per heavy atom. The highest BCUT2D eigenvalue weighted by molar-refractivity contribution is 9.10. The van der Waals surface area contributed by atoms with Crippen molar-refractivity contribution in [3.8, 4) is 0 Å². The second kappa shape index (κ2) is 5.24. The van der Waals surface area contributed by atoms with Crippen LogP contribution in [0.15, 0.2) is 22.7 Å². The number of ether oxygens (including phenoxy) is 1. The molecule has 0 heterocycles. The van der Waals surface area contributed by atoms with Crippen LogP contribution in [-0.2, 0) is 17.6 Å². The van der Waals surface area contributed by atoms with Gasteiger partial charge in [0, 0.05) is 4.47 Å². The molecular formula is C15H16B3BrO. The summed E-state index contributed by atoms with van der Waals surface area (Å²) in [4.78, 5) is 0. The molecule has 0 aliphatic heterocycles. The van der Waals surface area contributed by atoms with E-state index in [2.05, 4.69) is 34.1 Å². The van der Waals surface area contributed by atoms with Crippen LogP contribution in [-0.4, -0.2) is 34.9 Å². The van der Waals surface area contributed by atoms with Crippen molar-refractivity contribution in [1.29, 1.82) is 0 Å². The molecule has 5 heteroatoms. The number of benzene rings is 1. The lowest BCUT2D eigenvalue weighted by molar-refractivity contribution is -0.00676. The Kier molecular flexibility index (Phi) is 3.88. The van der Waals surface area contributed by atoms with E-state index >= 15 is 0 Å². The van der Waals surface area contributed by atoms with Crippen molar-refractivity contribution in [2.45, 2.75) is 49.9 Å². The van der Waals surface area contributed by atoms with Gasteiger partial charge in [0.2, 0.25) is 0 Å². The third-order valence-corrected chi connectivity index (χ3v) is 5.16. The largest absolute Gasteiger partial charge is 0.400 e. The van der Waals surface area contributed by atoms with Crippen LogP contribution in [0, 0.1) is 5.41 Å². The summed E-state index contributed by atoms with van der Waals surface area (Å²) in [6.07, 6.45) is 6.73. The molecule has 1 nitrogen and oxygen atoms in total. The Bertz CT molecular complexity index is 504. The fraction of sp³-hybridized carbons (Fsp3) is 0.600. The summed E-state index contributed by atoms with van der Waals surface area (Å²) in [5.41, 5.74) is 3.40. The van der Waals surface area contributed by atoms with Gasteiger partial charge >= 0.3 is 0 Å². The molecule has 0 aromatic heterocycles. The van der Waals surface area contributed by atoms with Gasteiger partial charge in [-0.25, -0.2) is 0 Å². The van der Waals surface area contributed by atoms with Gasteiger partial charge in [-0.3, -0.25) is 0 Å². The molecule has 2 aliphatic carbocycles. The van der Waals surface area contributed by atoms with Gasteiger partial charge in [-0.1, -0.05) is 22.0 Å². The summed E-state index contributed by atoms with van der Waals surface area (Å²) in [6, 6.07) is 6.65. The normalized spacial score (nSPS) is 29.6. The third-order valence-electron chi connectivity index (χ3n) is 4.66. The molecule has 0 amide bonds. The highest BCUT2D eigenvalue weighted by Gasteiger charge is 2.40. The van der Waals surface area contributed by atoms with Crippen molar-refractivity contribution in [1.82, 2.24) is 0 Å². The standard InChI is InChI=1S/C15H16B3BrO/c16-15(17,18)20-13-3-5-14(6-4-13)8-10-1-2-12(19)7-11(10)9-14/h1-2,7,13H,3-6,8-9H2. The number of hydrogen-bond donors (Lipinski definition) is 0.